The monoisotopic (exact) mass is 314 g/mol. The Morgan fingerprint density at radius 2 is 1.89 bits per heavy atom. The van der Waals surface area contributed by atoms with Crippen molar-refractivity contribution in [3.8, 4) is 5.75 Å². The van der Waals surface area contributed by atoms with E-state index in [1.165, 1.54) is 0 Å². The summed E-state index contributed by atoms with van der Waals surface area (Å²) < 4.78 is 0.533. The Morgan fingerprint density at radius 3 is 2.39 bits per heavy atom. The molecule has 1 amide bonds. The Morgan fingerprint density at radius 1 is 1.33 bits per heavy atom. The predicted octanol–water partition coefficient (Wildman–Crippen LogP) is 2.86. The van der Waals surface area contributed by atoms with Crippen LogP contribution in [0.2, 0.25) is 0 Å². The molecule has 5 heteroatoms. The van der Waals surface area contributed by atoms with Gasteiger partial charge in [0, 0.05) is 5.54 Å². The van der Waals surface area contributed by atoms with Gasteiger partial charge in [-0.3, -0.25) is 4.79 Å². The van der Waals surface area contributed by atoms with Crippen LogP contribution in [0.3, 0.4) is 0 Å². The molecule has 0 spiro atoms. The van der Waals surface area contributed by atoms with Crippen molar-refractivity contribution in [1.29, 1.82) is 0 Å². The summed E-state index contributed by atoms with van der Waals surface area (Å²) in [5.41, 5.74) is 4.94. The molecule has 0 radical (unpaired) electrons. The number of phenolic OH excluding ortho intramolecular Hbond substituents is 1. The third-order valence-corrected chi connectivity index (χ3v) is 4.05. The molecule has 0 atom stereocenters. The number of hydrogen-bond acceptors (Lipinski definition) is 3. The van der Waals surface area contributed by atoms with Crippen LogP contribution < -0.4 is 11.1 Å². The van der Waals surface area contributed by atoms with Crippen molar-refractivity contribution in [1.82, 2.24) is 0 Å². The lowest BCUT2D eigenvalue weighted by atomic mass is 9.74. The maximum Gasteiger partial charge on any atom is 0.231 e. The number of nitrogens with one attached hydrogen (secondary N) is 1. The number of rotatable bonds is 3. The molecule has 100 valence electrons. The maximum absolute atomic E-state index is 12.2. The number of phenols is 1. The van der Waals surface area contributed by atoms with Crippen molar-refractivity contribution in [2.45, 2.75) is 33.2 Å². The van der Waals surface area contributed by atoms with Gasteiger partial charge < -0.3 is 16.2 Å². The number of hydrogen-bond donors (Lipinski definition) is 3. The zero-order valence-electron chi connectivity index (χ0n) is 11.0. The maximum atomic E-state index is 12.2. The summed E-state index contributed by atoms with van der Waals surface area (Å²) in [6.45, 7) is 7.15. The van der Waals surface area contributed by atoms with Crippen LogP contribution in [0.15, 0.2) is 22.7 Å². The topological polar surface area (TPSA) is 75.4 Å². The number of halogens is 1. The fourth-order valence-corrected chi connectivity index (χ4v) is 1.55. The number of anilines is 1. The first-order valence-electron chi connectivity index (χ1n) is 5.65. The van der Waals surface area contributed by atoms with Crippen molar-refractivity contribution < 1.29 is 9.90 Å². The van der Waals surface area contributed by atoms with E-state index < -0.39 is 11.0 Å². The van der Waals surface area contributed by atoms with Crippen molar-refractivity contribution in [3.63, 3.8) is 0 Å². The summed E-state index contributed by atoms with van der Waals surface area (Å²) in [5.74, 6) is -0.222. The fraction of sp³-hybridized carbons (Fsp3) is 0.462. The van der Waals surface area contributed by atoms with Gasteiger partial charge in [0.1, 0.15) is 0 Å². The number of carbonyl (C=O) groups excluding carboxylic acids is 1. The molecule has 0 heterocycles. The Hall–Kier alpha value is -1.07. The molecule has 0 aliphatic rings. The molecule has 4 N–H and O–H groups in total. The summed E-state index contributed by atoms with van der Waals surface area (Å²) in [6.07, 6.45) is 0. The summed E-state index contributed by atoms with van der Waals surface area (Å²) in [5, 5.41) is 12.5. The number of amides is 1. The standard InChI is InChI=1S/C13H19BrN2O2/c1-12(2,13(3,4)15)11(18)16-9-7-5-6-8(14)10(9)17/h5-7,17H,15H2,1-4H3,(H,16,18). The van der Waals surface area contributed by atoms with E-state index in [9.17, 15) is 9.90 Å². The van der Waals surface area contributed by atoms with E-state index in [1.807, 2.05) is 0 Å². The molecular weight excluding hydrogens is 296 g/mol. The minimum absolute atomic E-state index is 0.0106. The van der Waals surface area contributed by atoms with Crippen LogP contribution in [0, 0.1) is 5.41 Å². The third-order valence-electron chi connectivity index (χ3n) is 3.41. The molecule has 0 saturated heterocycles. The van der Waals surface area contributed by atoms with Gasteiger partial charge >= 0.3 is 0 Å². The Kier molecular flexibility index (Phi) is 4.08. The molecule has 0 fully saturated rings. The Bertz CT molecular complexity index is 465. The first kappa shape index (κ1) is 15.0. The highest BCUT2D eigenvalue weighted by Gasteiger charge is 2.40. The summed E-state index contributed by atoms with van der Waals surface area (Å²) >= 11 is 3.20. The molecule has 1 aromatic rings. The normalized spacial score (nSPS) is 12.3. The number of carbonyl (C=O) groups is 1. The zero-order valence-corrected chi connectivity index (χ0v) is 12.6. The minimum Gasteiger partial charge on any atom is -0.505 e. The zero-order chi connectivity index (χ0) is 14.1. The van der Waals surface area contributed by atoms with E-state index in [-0.39, 0.29) is 11.7 Å². The van der Waals surface area contributed by atoms with Crippen molar-refractivity contribution >= 4 is 27.5 Å². The number of nitrogens with two attached hydrogens (primary N) is 1. The van der Waals surface area contributed by atoms with Gasteiger partial charge in [-0.25, -0.2) is 0 Å². The molecule has 1 rings (SSSR count). The molecular formula is C13H19BrN2O2. The quantitative estimate of drug-likeness (QED) is 0.751. The van der Waals surface area contributed by atoms with Crippen LogP contribution in [0.4, 0.5) is 5.69 Å². The second kappa shape index (κ2) is 4.90. The van der Waals surface area contributed by atoms with Gasteiger partial charge in [-0.05, 0) is 55.8 Å². The van der Waals surface area contributed by atoms with Gasteiger partial charge in [0.05, 0.1) is 15.6 Å². The van der Waals surface area contributed by atoms with Crippen molar-refractivity contribution in [2.24, 2.45) is 11.1 Å². The largest absolute Gasteiger partial charge is 0.505 e. The molecule has 1 aromatic carbocycles. The van der Waals surface area contributed by atoms with Crippen LogP contribution in [0.1, 0.15) is 27.7 Å². The molecule has 18 heavy (non-hydrogen) atoms. The highest BCUT2D eigenvalue weighted by atomic mass is 79.9. The fourth-order valence-electron chi connectivity index (χ4n) is 1.19. The molecule has 0 bridgehead atoms. The second-order valence-electron chi connectivity index (χ2n) is 5.44. The molecule has 0 aliphatic heterocycles. The minimum atomic E-state index is -0.762. The smallest absolute Gasteiger partial charge is 0.231 e. The average Bonchev–Trinajstić information content (AvgIpc) is 2.23. The van der Waals surface area contributed by atoms with E-state index in [0.29, 0.717) is 10.2 Å². The SMILES string of the molecule is CC(C)(N)C(C)(C)C(=O)Nc1cccc(Br)c1O. The molecule has 4 nitrogen and oxygen atoms in total. The second-order valence-corrected chi connectivity index (χ2v) is 6.29. The van der Waals surface area contributed by atoms with Crippen molar-refractivity contribution in [2.75, 3.05) is 5.32 Å². The van der Waals surface area contributed by atoms with Gasteiger partial charge in [-0.2, -0.15) is 0 Å². The van der Waals surface area contributed by atoms with E-state index >= 15 is 0 Å². The van der Waals surface area contributed by atoms with Crippen LogP contribution in [0.25, 0.3) is 0 Å². The third kappa shape index (κ3) is 2.84. The summed E-state index contributed by atoms with van der Waals surface area (Å²) in [6, 6.07) is 5.07. The van der Waals surface area contributed by atoms with Crippen molar-refractivity contribution in [3.05, 3.63) is 22.7 Å². The van der Waals surface area contributed by atoms with E-state index in [2.05, 4.69) is 21.2 Å². The molecule has 0 aliphatic carbocycles. The van der Waals surface area contributed by atoms with Gasteiger partial charge in [0.2, 0.25) is 5.91 Å². The van der Waals surface area contributed by atoms with E-state index in [4.69, 9.17) is 5.73 Å². The van der Waals surface area contributed by atoms with Gasteiger partial charge in [0.15, 0.2) is 5.75 Å². The lowest BCUT2D eigenvalue weighted by Gasteiger charge is -2.36. The van der Waals surface area contributed by atoms with Crippen LogP contribution >= 0.6 is 15.9 Å². The molecule has 0 aromatic heterocycles. The van der Waals surface area contributed by atoms with Gasteiger partial charge in [-0.1, -0.05) is 6.07 Å². The number of aromatic hydroxyl groups is 1. The predicted molar refractivity (Wildman–Crippen MR) is 76.5 cm³/mol. The number of benzene rings is 1. The highest BCUT2D eigenvalue weighted by Crippen LogP contribution is 2.34. The van der Waals surface area contributed by atoms with E-state index in [1.54, 1.807) is 45.9 Å². The van der Waals surface area contributed by atoms with Crippen LogP contribution in [-0.2, 0) is 4.79 Å². The average molecular weight is 315 g/mol. The van der Waals surface area contributed by atoms with E-state index in [0.717, 1.165) is 0 Å². The lowest BCUT2D eigenvalue weighted by molar-refractivity contribution is -0.126. The van der Waals surface area contributed by atoms with Gasteiger partial charge in [0.25, 0.3) is 0 Å². The summed E-state index contributed by atoms with van der Waals surface area (Å²) in [4.78, 5) is 12.2. The van der Waals surface area contributed by atoms with Crippen LogP contribution in [0.5, 0.6) is 5.75 Å². The highest BCUT2D eigenvalue weighted by molar-refractivity contribution is 9.10. The Balaban J connectivity index is 2.99. The Labute approximate surface area is 116 Å². The lowest BCUT2D eigenvalue weighted by Crippen LogP contribution is -2.53. The molecule has 0 saturated carbocycles. The summed E-state index contributed by atoms with van der Waals surface area (Å²) in [7, 11) is 0. The first-order chi connectivity index (χ1) is 8.07. The first-order valence-corrected chi connectivity index (χ1v) is 6.44. The number of para-hydroxylation sites is 1. The van der Waals surface area contributed by atoms with Crippen LogP contribution in [-0.4, -0.2) is 16.6 Å². The van der Waals surface area contributed by atoms with Gasteiger partial charge in [-0.15, -0.1) is 0 Å². The molecule has 0 unspecified atom stereocenters.